The lowest BCUT2D eigenvalue weighted by Gasteiger charge is -2.19. The summed E-state index contributed by atoms with van der Waals surface area (Å²) < 4.78 is 5.32. The van der Waals surface area contributed by atoms with E-state index in [9.17, 15) is 4.79 Å². The molecule has 140 valence electrons. The Kier molecular flexibility index (Phi) is 4.64. The van der Waals surface area contributed by atoms with Crippen LogP contribution >= 0.6 is 11.3 Å². The number of rotatable bonds is 3. The number of nitrogens with zero attached hydrogens (tertiary/aromatic N) is 2. The average molecular weight is 381 g/mol. The number of hydrogen-bond acceptors (Lipinski definition) is 4. The van der Waals surface area contributed by atoms with Gasteiger partial charge in [0.05, 0.1) is 18.4 Å². The number of ether oxygens (including phenoxy) is 1. The number of hydrogen-bond donors (Lipinski definition) is 0. The van der Waals surface area contributed by atoms with Gasteiger partial charge in [-0.15, -0.1) is 11.3 Å². The van der Waals surface area contributed by atoms with Gasteiger partial charge in [-0.2, -0.15) is 0 Å². The minimum absolute atomic E-state index is 0.00322. The van der Waals surface area contributed by atoms with Crippen molar-refractivity contribution in [2.75, 3.05) is 21.2 Å². The maximum absolute atomic E-state index is 13.1. The molecular formula is C22H24N2O2S. The number of aryl methyl sites for hydroxylation is 3. The number of fused-ring (bicyclic) bond motifs is 3. The minimum Gasteiger partial charge on any atom is -0.497 e. The summed E-state index contributed by atoms with van der Waals surface area (Å²) in [7, 11) is 5.26. The van der Waals surface area contributed by atoms with Crippen molar-refractivity contribution in [3.63, 3.8) is 0 Å². The largest absolute Gasteiger partial charge is 0.497 e. The molecule has 1 aromatic carbocycles. The topological polar surface area (TPSA) is 42.4 Å². The number of amides is 1. The number of benzene rings is 1. The lowest BCUT2D eigenvalue weighted by atomic mass is 9.89. The molecule has 0 bridgehead atoms. The average Bonchev–Trinajstić information content (AvgIpc) is 3.04. The number of carbonyl (C=O) groups excluding carboxylic acids is 1. The predicted octanol–water partition coefficient (Wildman–Crippen LogP) is 4.86. The van der Waals surface area contributed by atoms with E-state index in [-0.39, 0.29) is 5.91 Å². The van der Waals surface area contributed by atoms with Crippen molar-refractivity contribution in [2.45, 2.75) is 32.6 Å². The molecule has 2 heterocycles. The van der Waals surface area contributed by atoms with Gasteiger partial charge >= 0.3 is 0 Å². The molecule has 0 spiro atoms. The van der Waals surface area contributed by atoms with Crippen molar-refractivity contribution in [3.05, 3.63) is 46.0 Å². The molecule has 0 saturated carbocycles. The fourth-order valence-corrected chi connectivity index (χ4v) is 5.25. The fraction of sp³-hybridized carbons (Fsp3) is 0.364. The highest BCUT2D eigenvalue weighted by Crippen LogP contribution is 2.43. The Hall–Kier alpha value is -2.40. The lowest BCUT2D eigenvalue weighted by molar-refractivity contribution is 0.0827. The Balaban J connectivity index is 2.08. The molecule has 3 aromatic rings. The standard InChI is InChI=1S/C22H24N2O2S/c1-13-18(22(25)24(2)3)19(14-9-11-15(26-4)12-10-14)20-16-7-5-6-8-17(16)27-21(20)23-13/h9-12H,5-8H2,1-4H3. The number of carbonyl (C=O) groups is 1. The Morgan fingerprint density at radius 3 is 2.52 bits per heavy atom. The zero-order chi connectivity index (χ0) is 19.1. The first-order valence-corrected chi connectivity index (χ1v) is 10.1. The first kappa shape index (κ1) is 18.0. The molecule has 5 heteroatoms. The number of methoxy groups -OCH3 is 1. The smallest absolute Gasteiger partial charge is 0.255 e. The third kappa shape index (κ3) is 3.00. The van der Waals surface area contributed by atoms with Crippen molar-refractivity contribution in [3.8, 4) is 16.9 Å². The number of aromatic nitrogens is 1. The van der Waals surface area contributed by atoms with Crippen LogP contribution in [-0.4, -0.2) is 37.0 Å². The van der Waals surface area contributed by atoms with Crippen LogP contribution in [0.4, 0.5) is 0 Å². The highest BCUT2D eigenvalue weighted by Gasteiger charge is 2.26. The quantitative estimate of drug-likeness (QED) is 0.652. The van der Waals surface area contributed by atoms with E-state index in [1.165, 1.54) is 28.7 Å². The summed E-state index contributed by atoms with van der Waals surface area (Å²) in [6.07, 6.45) is 4.62. The lowest BCUT2D eigenvalue weighted by Crippen LogP contribution is -2.24. The molecule has 1 amide bonds. The molecular weight excluding hydrogens is 356 g/mol. The third-order valence-corrected chi connectivity index (χ3v) is 6.47. The minimum atomic E-state index is 0.00322. The second-order valence-corrected chi connectivity index (χ2v) is 8.35. The van der Waals surface area contributed by atoms with Crippen LogP contribution in [-0.2, 0) is 12.8 Å². The molecule has 0 saturated heterocycles. The molecule has 0 N–H and O–H groups in total. The third-order valence-electron chi connectivity index (χ3n) is 5.28. The summed E-state index contributed by atoms with van der Waals surface area (Å²) in [4.78, 5) is 22.1. The normalized spacial score (nSPS) is 13.5. The Bertz CT molecular complexity index is 1020. The number of thiophene rings is 1. The van der Waals surface area contributed by atoms with E-state index in [0.29, 0.717) is 5.56 Å². The maximum Gasteiger partial charge on any atom is 0.255 e. The van der Waals surface area contributed by atoms with Gasteiger partial charge in [0.1, 0.15) is 10.6 Å². The summed E-state index contributed by atoms with van der Waals surface area (Å²) >= 11 is 1.80. The second kappa shape index (κ2) is 6.97. The SMILES string of the molecule is COc1ccc(-c2c(C(=O)N(C)C)c(C)nc3sc4c(c23)CCCC4)cc1. The van der Waals surface area contributed by atoms with E-state index >= 15 is 0 Å². The van der Waals surface area contributed by atoms with Crippen LogP contribution in [0.1, 0.15) is 39.3 Å². The van der Waals surface area contributed by atoms with Crippen molar-refractivity contribution in [1.29, 1.82) is 0 Å². The van der Waals surface area contributed by atoms with Gasteiger partial charge in [0, 0.05) is 29.9 Å². The number of pyridine rings is 1. The molecule has 4 nitrogen and oxygen atoms in total. The van der Waals surface area contributed by atoms with E-state index in [1.54, 1.807) is 37.4 Å². The first-order valence-electron chi connectivity index (χ1n) is 9.32. The van der Waals surface area contributed by atoms with Gasteiger partial charge in [0.2, 0.25) is 0 Å². The summed E-state index contributed by atoms with van der Waals surface area (Å²) in [6.45, 7) is 1.95. The summed E-state index contributed by atoms with van der Waals surface area (Å²) in [6, 6.07) is 8.01. The first-order chi connectivity index (χ1) is 13.0. The van der Waals surface area contributed by atoms with Gasteiger partial charge in [-0.05, 0) is 55.9 Å². The van der Waals surface area contributed by atoms with Gasteiger partial charge in [0.25, 0.3) is 5.91 Å². The maximum atomic E-state index is 13.1. The summed E-state index contributed by atoms with van der Waals surface area (Å²) in [5, 5.41) is 1.18. The molecule has 0 aliphatic heterocycles. The monoisotopic (exact) mass is 380 g/mol. The molecule has 4 rings (SSSR count). The Morgan fingerprint density at radius 2 is 1.85 bits per heavy atom. The molecule has 0 fully saturated rings. The van der Waals surface area contributed by atoms with Gasteiger partial charge in [-0.3, -0.25) is 4.79 Å². The van der Waals surface area contributed by atoms with Crippen molar-refractivity contribution in [2.24, 2.45) is 0 Å². The van der Waals surface area contributed by atoms with Crippen LogP contribution in [0.5, 0.6) is 5.75 Å². The second-order valence-electron chi connectivity index (χ2n) is 7.27. The van der Waals surface area contributed by atoms with Crippen molar-refractivity contribution in [1.82, 2.24) is 9.88 Å². The fourth-order valence-electron chi connectivity index (χ4n) is 3.93. The van der Waals surface area contributed by atoms with Crippen LogP contribution in [0.2, 0.25) is 0 Å². The molecule has 27 heavy (non-hydrogen) atoms. The van der Waals surface area contributed by atoms with E-state index < -0.39 is 0 Å². The van der Waals surface area contributed by atoms with E-state index in [4.69, 9.17) is 9.72 Å². The summed E-state index contributed by atoms with van der Waals surface area (Å²) in [5.74, 6) is 0.817. The highest BCUT2D eigenvalue weighted by atomic mass is 32.1. The zero-order valence-electron chi connectivity index (χ0n) is 16.3. The Labute approximate surface area is 163 Å². The van der Waals surface area contributed by atoms with Gasteiger partial charge in [-0.25, -0.2) is 4.98 Å². The zero-order valence-corrected chi connectivity index (χ0v) is 17.1. The van der Waals surface area contributed by atoms with E-state index in [1.807, 2.05) is 31.2 Å². The van der Waals surface area contributed by atoms with Crippen molar-refractivity contribution >= 4 is 27.5 Å². The van der Waals surface area contributed by atoms with Crippen LogP contribution in [0.25, 0.3) is 21.3 Å². The van der Waals surface area contributed by atoms with Gasteiger partial charge in [0.15, 0.2) is 0 Å². The molecule has 1 aliphatic rings. The van der Waals surface area contributed by atoms with E-state index in [0.717, 1.165) is 40.2 Å². The summed E-state index contributed by atoms with van der Waals surface area (Å²) in [5.41, 5.74) is 4.97. The molecule has 0 radical (unpaired) electrons. The van der Waals surface area contributed by atoms with Crippen LogP contribution in [0, 0.1) is 6.92 Å². The van der Waals surface area contributed by atoms with Crippen molar-refractivity contribution < 1.29 is 9.53 Å². The van der Waals surface area contributed by atoms with Crippen LogP contribution < -0.4 is 4.74 Å². The molecule has 1 aliphatic carbocycles. The molecule has 0 unspecified atom stereocenters. The van der Waals surface area contributed by atoms with Crippen LogP contribution in [0.3, 0.4) is 0 Å². The van der Waals surface area contributed by atoms with Gasteiger partial charge in [-0.1, -0.05) is 12.1 Å². The molecule has 2 aromatic heterocycles. The molecule has 0 atom stereocenters. The highest BCUT2D eigenvalue weighted by molar-refractivity contribution is 7.19. The predicted molar refractivity (Wildman–Crippen MR) is 111 cm³/mol. The van der Waals surface area contributed by atoms with Crippen LogP contribution in [0.15, 0.2) is 24.3 Å². The van der Waals surface area contributed by atoms with E-state index in [2.05, 4.69) is 0 Å². The Morgan fingerprint density at radius 1 is 1.15 bits per heavy atom. The van der Waals surface area contributed by atoms with Gasteiger partial charge < -0.3 is 9.64 Å².